The van der Waals surface area contributed by atoms with Crippen LogP contribution in [-0.4, -0.2) is 11.7 Å². The summed E-state index contributed by atoms with van der Waals surface area (Å²) < 4.78 is 0. The number of rotatable bonds is 5. The predicted molar refractivity (Wildman–Crippen MR) is 66.0 cm³/mol. The van der Waals surface area contributed by atoms with Crippen LogP contribution >= 0.6 is 0 Å². The van der Waals surface area contributed by atoms with Crippen molar-refractivity contribution in [1.29, 1.82) is 0 Å². The monoisotopic (exact) mass is 204 g/mol. The number of aliphatic hydroxyl groups excluding tert-OH is 1. The van der Waals surface area contributed by atoms with Crippen molar-refractivity contribution < 1.29 is 5.11 Å². The van der Waals surface area contributed by atoms with Gasteiger partial charge in [-0.05, 0) is 23.1 Å². The van der Waals surface area contributed by atoms with Crippen molar-refractivity contribution in [3.63, 3.8) is 0 Å². The van der Waals surface area contributed by atoms with E-state index in [0.717, 1.165) is 12.8 Å². The third-order valence-corrected chi connectivity index (χ3v) is 2.76. The molecule has 15 heavy (non-hydrogen) atoms. The lowest BCUT2D eigenvalue weighted by Crippen LogP contribution is -2.03. The zero-order valence-corrected chi connectivity index (χ0v) is 9.66. The maximum Gasteiger partial charge on any atom is 0.0497 e. The second kappa shape index (κ2) is 5.72. The maximum atomic E-state index is 9.19. The van der Waals surface area contributed by atoms with Gasteiger partial charge in [-0.2, -0.15) is 0 Å². The molecule has 0 spiro atoms. The fourth-order valence-corrected chi connectivity index (χ4v) is 1.90. The van der Waals surface area contributed by atoms with E-state index in [0.29, 0.717) is 0 Å². The second-order valence-electron chi connectivity index (χ2n) is 3.96. The molecule has 0 aliphatic heterocycles. The maximum absolute atomic E-state index is 9.19. The van der Waals surface area contributed by atoms with Gasteiger partial charge in [-0.15, -0.1) is 0 Å². The predicted octanol–water partition coefficient (Wildman–Crippen LogP) is 3.38. The Balaban J connectivity index is 3.15. The van der Waals surface area contributed by atoms with Gasteiger partial charge in [0.1, 0.15) is 0 Å². The van der Waals surface area contributed by atoms with Crippen molar-refractivity contribution in [2.75, 3.05) is 6.61 Å². The minimum atomic E-state index is 0.190. The molecule has 1 aromatic rings. The van der Waals surface area contributed by atoms with Gasteiger partial charge in [-0.3, -0.25) is 0 Å². The number of aliphatic hydroxyl groups is 1. The highest BCUT2D eigenvalue weighted by molar-refractivity contribution is 5.57. The first-order chi connectivity index (χ1) is 7.24. The molecule has 82 valence electrons. The van der Waals surface area contributed by atoms with Crippen LogP contribution in [-0.2, 0) is 6.42 Å². The van der Waals surface area contributed by atoms with Gasteiger partial charge in [0.05, 0.1) is 0 Å². The van der Waals surface area contributed by atoms with Crippen LogP contribution in [0, 0.1) is 0 Å². The van der Waals surface area contributed by atoms with Crippen LogP contribution in [0.25, 0.3) is 6.08 Å². The van der Waals surface area contributed by atoms with Gasteiger partial charge in [0.2, 0.25) is 0 Å². The van der Waals surface area contributed by atoms with Gasteiger partial charge in [0, 0.05) is 12.5 Å². The third-order valence-electron chi connectivity index (χ3n) is 2.76. The van der Waals surface area contributed by atoms with Crippen LogP contribution < -0.4 is 0 Å². The Morgan fingerprint density at radius 3 is 2.73 bits per heavy atom. The molecular formula is C14H20O. The Hall–Kier alpha value is -1.08. The standard InChI is InChI=1S/C14H20O/c1-4-7-12-8-6-9-14(11(3)10-15)13(12)5-2/h5-6,8-9,11,15H,2,4,7,10H2,1,3H3. The van der Waals surface area contributed by atoms with Crippen LogP contribution in [0.2, 0.25) is 0 Å². The molecule has 0 saturated carbocycles. The zero-order valence-electron chi connectivity index (χ0n) is 9.66. The summed E-state index contributed by atoms with van der Waals surface area (Å²) in [6.45, 7) is 8.28. The summed E-state index contributed by atoms with van der Waals surface area (Å²) in [6, 6.07) is 6.30. The number of benzene rings is 1. The quantitative estimate of drug-likeness (QED) is 0.779. The molecule has 0 fully saturated rings. The first kappa shape index (κ1) is 12.0. The topological polar surface area (TPSA) is 20.2 Å². The van der Waals surface area contributed by atoms with Crippen molar-refractivity contribution in [3.05, 3.63) is 41.5 Å². The third kappa shape index (κ3) is 2.69. The minimum absolute atomic E-state index is 0.190. The molecule has 0 saturated heterocycles. The van der Waals surface area contributed by atoms with Gasteiger partial charge in [-0.1, -0.05) is 51.1 Å². The summed E-state index contributed by atoms with van der Waals surface area (Å²) in [7, 11) is 0. The molecule has 0 bridgehead atoms. The molecule has 0 aliphatic carbocycles. The summed E-state index contributed by atoms with van der Waals surface area (Å²) >= 11 is 0. The van der Waals surface area contributed by atoms with E-state index in [2.05, 4.69) is 31.7 Å². The first-order valence-corrected chi connectivity index (χ1v) is 5.59. The zero-order chi connectivity index (χ0) is 11.3. The van der Waals surface area contributed by atoms with Crippen molar-refractivity contribution in [3.8, 4) is 0 Å². The largest absolute Gasteiger partial charge is 0.396 e. The van der Waals surface area contributed by atoms with E-state index in [1.807, 2.05) is 13.0 Å². The molecule has 1 unspecified atom stereocenters. The molecule has 1 rings (SSSR count). The van der Waals surface area contributed by atoms with Crippen LogP contribution in [0.1, 0.15) is 42.9 Å². The Morgan fingerprint density at radius 2 is 2.20 bits per heavy atom. The molecule has 0 aliphatic rings. The van der Waals surface area contributed by atoms with Crippen molar-refractivity contribution in [2.24, 2.45) is 0 Å². The number of hydrogen-bond donors (Lipinski definition) is 1. The number of aryl methyl sites for hydroxylation is 1. The van der Waals surface area contributed by atoms with Gasteiger partial charge < -0.3 is 5.11 Å². The SMILES string of the molecule is C=Cc1c(CCC)cccc1C(C)CO. The lowest BCUT2D eigenvalue weighted by atomic mass is 9.91. The Bertz CT molecular complexity index is 328. The Kier molecular flexibility index (Phi) is 4.57. The van der Waals surface area contributed by atoms with E-state index in [4.69, 9.17) is 0 Å². The molecular weight excluding hydrogens is 184 g/mol. The lowest BCUT2D eigenvalue weighted by Gasteiger charge is -2.15. The van der Waals surface area contributed by atoms with Crippen molar-refractivity contribution in [1.82, 2.24) is 0 Å². The molecule has 1 nitrogen and oxygen atoms in total. The van der Waals surface area contributed by atoms with E-state index < -0.39 is 0 Å². The molecule has 1 N–H and O–H groups in total. The van der Waals surface area contributed by atoms with Crippen LogP contribution in [0.3, 0.4) is 0 Å². The van der Waals surface area contributed by atoms with Crippen LogP contribution in [0.15, 0.2) is 24.8 Å². The second-order valence-corrected chi connectivity index (χ2v) is 3.96. The summed E-state index contributed by atoms with van der Waals surface area (Å²) in [6.07, 6.45) is 4.12. The van der Waals surface area contributed by atoms with Gasteiger partial charge >= 0.3 is 0 Å². The summed E-state index contributed by atoms with van der Waals surface area (Å²) in [4.78, 5) is 0. The van der Waals surface area contributed by atoms with Gasteiger partial charge in [0.25, 0.3) is 0 Å². The van der Waals surface area contributed by atoms with E-state index >= 15 is 0 Å². The Labute approximate surface area is 92.5 Å². The molecule has 1 aromatic carbocycles. The normalized spacial score (nSPS) is 12.5. The summed E-state index contributed by atoms with van der Waals surface area (Å²) in [5.74, 6) is 0.190. The van der Waals surface area contributed by atoms with E-state index in [1.165, 1.54) is 16.7 Å². The average Bonchev–Trinajstić information content (AvgIpc) is 2.28. The Morgan fingerprint density at radius 1 is 1.47 bits per heavy atom. The van der Waals surface area contributed by atoms with Gasteiger partial charge in [0.15, 0.2) is 0 Å². The fraction of sp³-hybridized carbons (Fsp3) is 0.429. The van der Waals surface area contributed by atoms with Gasteiger partial charge in [-0.25, -0.2) is 0 Å². The van der Waals surface area contributed by atoms with E-state index in [9.17, 15) is 5.11 Å². The fourth-order valence-electron chi connectivity index (χ4n) is 1.90. The number of hydrogen-bond acceptors (Lipinski definition) is 1. The molecule has 0 amide bonds. The minimum Gasteiger partial charge on any atom is -0.396 e. The highest BCUT2D eigenvalue weighted by Crippen LogP contribution is 2.24. The first-order valence-electron chi connectivity index (χ1n) is 5.59. The summed E-state index contributed by atoms with van der Waals surface area (Å²) in [5.41, 5.74) is 3.75. The lowest BCUT2D eigenvalue weighted by molar-refractivity contribution is 0.273. The van der Waals surface area contributed by atoms with Crippen LogP contribution in [0.4, 0.5) is 0 Å². The molecule has 0 heterocycles. The molecule has 0 radical (unpaired) electrons. The average molecular weight is 204 g/mol. The van der Waals surface area contributed by atoms with Crippen LogP contribution in [0.5, 0.6) is 0 Å². The van der Waals surface area contributed by atoms with Crippen molar-refractivity contribution in [2.45, 2.75) is 32.6 Å². The van der Waals surface area contributed by atoms with Crippen molar-refractivity contribution >= 4 is 6.08 Å². The van der Waals surface area contributed by atoms with E-state index in [-0.39, 0.29) is 12.5 Å². The highest BCUT2D eigenvalue weighted by Gasteiger charge is 2.10. The molecule has 1 atom stereocenters. The highest BCUT2D eigenvalue weighted by atomic mass is 16.3. The van der Waals surface area contributed by atoms with E-state index in [1.54, 1.807) is 0 Å². The summed E-state index contributed by atoms with van der Waals surface area (Å²) in [5, 5.41) is 9.19. The molecule has 1 heteroatoms. The smallest absolute Gasteiger partial charge is 0.0497 e. The molecule has 0 aromatic heterocycles.